The fourth-order valence-corrected chi connectivity index (χ4v) is 2.73. The lowest BCUT2D eigenvalue weighted by atomic mass is 10.2. The molecule has 6 nitrogen and oxygen atoms in total. The zero-order valence-corrected chi connectivity index (χ0v) is 10.8. The molecule has 1 saturated heterocycles. The van der Waals surface area contributed by atoms with Gasteiger partial charge in [0.25, 0.3) is 0 Å². The molecule has 6 heteroatoms. The first-order chi connectivity index (χ1) is 9.20. The number of aromatic nitrogens is 3. The summed E-state index contributed by atoms with van der Waals surface area (Å²) >= 11 is 0. The van der Waals surface area contributed by atoms with E-state index in [2.05, 4.69) is 21.9 Å². The van der Waals surface area contributed by atoms with Crippen molar-refractivity contribution in [1.82, 2.24) is 19.5 Å². The Morgan fingerprint density at radius 2 is 2.42 bits per heavy atom. The molecule has 0 aliphatic carbocycles. The zero-order chi connectivity index (χ0) is 13.4. The van der Waals surface area contributed by atoms with Crippen LogP contribution in [0.1, 0.15) is 42.0 Å². The molecule has 1 aliphatic heterocycles. The Hall–Kier alpha value is -1.95. The molecule has 1 unspecified atom stereocenters. The lowest BCUT2D eigenvalue weighted by molar-refractivity contribution is 0.0698. The molecular formula is C13H16N4O2. The van der Waals surface area contributed by atoms with Crippen LogP contribution in [0.4, 0.5) is 0 Å². The van der Waals surface area contributed by atoms with Gasteiger partial charge in [-0.2, -0.15) is 0 Å². The van der Waals surface area contributed by atoms with Crippen LogP contribution in [-0.2, 0) is 0 Å². The van der Waals surface area contributed by atoms with Crippen molar-refractivity contribution < 1.29 is 9.90 Å². The summed E-state index contributed by atoms with van der Waals surface area (Å²) in [5.41, 5.74) is 0.621. The normalized spacial score (nSPS) is 20.2. The number of hydrogen-bond donors (Lipinski definition) is 1. The van der Waals surface area contributed by atoms with Crippen LogP contribution in [0.15, 0.2) is 18.3 Å². The average Bonchev–Trinajstić information content (AvgIpc) is 3.03. The molecule has 1 aliphatic rings. The third-order valence-electron chi connectivity index (χ3n) is 3.68. The van der Waals surface area contributed by atoms with Crippen LogP contribution < -0.4 is 0 Å². The number of carboxylic acid groups (broad SMARTS) is 1. The van der Waals surface area contributed by atoms with E-state index >= 15 is 0 Å². The molecule has 100 valence electrons. The smallest absolute Gasteiger partial charge is 0.339 e. The molecule has 1 atom stereocenters. The number of rotatable bonds is 3. The summed E-state index contributed by atoms with van der Waals surface area (Å²) in [5.74, 6) is -0.239. The Morgan fingerprint density at radius 3 is 3.16 bits per heavy atom. The van der Waals surface area contributed by atoms with E-state index in [-0.39, 0.29) is 11.6 Å². The summed E-state index contributed by atoms with van der Waals surface area (Å²) in [4.78, 5) is 17.9. The first-order valence-electron chi connectivity index (χ1n) is 6.53. The van der Waals surface area contributed by atoms with E-state index < -0.39 is 5.97 Å². The summed E-state index contributed by atoms with van der Waals surface area (Å²) < 4.78 is 1.56. The van der Waals surface area contributed by atoms with Crippen molar-refractivity contribution in [3.8, 4) is 0 Å². The molecule has 0 saturated carbocycles. The van der Waals surface area contributed by atoms with Gasteiger partial charge in [0.15, 0.2) is 11.5 Å². The van der Waals surface area contributed by atoms with Gasteiger partial charge in [-0.15, -0.1) is 5.10 Å². The van der Waals surface area contributed by atoms with Crippen molar-refractivity contribution in [2.45, 2.75) is 25.8 Å². The summed E-state index contributed by atoms with van der Waals surface area (Å²) in [6, 6.07) is 3.45. The third-order valence-corrected chi connectivity index (χ3v) is 3.68. The van der Waals surface area contributed by atoms with Crippen molar-refractivity contribution in [1.29, 1.82) is 0 Å². The maximum Gasteiger partial charge on any atom is 0.339 e. The van der Waals surface area contributed by atoms with Gasteiger partial charge in [0.1, 0.15) is 5.56 Å². The topological polar surface area (TPSA) is 70.7 Å². The van der Waals surface area contributed by atoms with Gasteiger partial charge in [-0.1, -0.05) is 6.92 Å². The molecule has 1 fully saturated rings. The Bertz CT molecular complexity index is 622. The highest BCUT2D eigenvalue weighted by Crippen LogP contribution is 2.29. The second-order valence-corrected chi connectivity index (χ2v) is 4.75. The fourth-order valence-electron chi connectivity index (χ4n) is 2.73. The third kappa shape index (κ3) is 1.98. The molecular weight excluding hydrogens is 244 g/mol. The van der Waals surface area contributed by atoms with Gasteiger partial charge in [-0.3, -0.25) is 4.90 Å². The second-order valence-electron chi connectivity index (χ2n) is 4.75. The Balaban J connectivity index is 2.06. The molecule has 0 spiro atoms. The van der Waals surface area contributed by atoms with Crippen LogP contribution in [0, 0.1) is 0 Å². The summed E-state index contributed by atoms with van der Waals surface area (Å²) in [7, 11) is 0. The van der Waals surface area contributed by atoms with E-state index in [1.165, 1.54) is 0 Å². The Morgan fingerprint density at radius 1 is 1.58 bits per heavy atom. The quantitative estimate of drug-likeness (QED) is 0.907. The van der Waals surface area contributed by atoms with Crippen LogP contribution in [0.3, 0.4) is 0 Å². The number of fused-ring (bicyclic) bond motifs is 1. The molecule has 3 heterocycles. The standard InChI is InChI=1S/C13H16N4O2/c1-2-16-7-4-6-10(16)11-14-12-9(13(18)19)5-3-8-17(12)15-11/h3,5,8,10H,2,4,6-7H2,1H3,(H,18,19). The van der Waals surface area contributed by atoms with Crippen LogP contribution in [0.25, 0.3) is 5.65 Å². The van der Waals surface area contributed by atoms with Gasteiger partial charge in [0, 0.05) is 6.20 Å². The number of aromatic carboxylic acids is 1. The SMILES string of the molecule is CCN1CCCC1c1nc2c(C(=O)O)cccn2n1. The number of pyridine rings is 1. The Labute approximate surface area is 110 Å². The van der Waals surface area contributed by atoms with Gasteiger partial charge < -0.3 is 5.11 Å². The van der Waals surface area contributed by atoms with Crippen molar-refractivity contribution in [3.05, 3.63) is 29.7 Å². The molecule has 0 aromatic carbocycles. The van der Waals surface area contributed by atoms with Gasteiger partial charge in [0.2, 0.25) is 0 Å². The van der Waals surface area contributed by atoms with E-state index in [1.54, 1.807) is 22.8 Å². The minimum atomic E-state index is -0.969. The lowest BCUT2D eigenvalue weighted by Crippen LogP contribution is -2.23. The molecule has 0 amide bonds. The number of carbonyl (C=O) groups is 1. The van der Waals surface area contributed by atoms with Gasteiger partial charge in [-0.25, -0.2) is 14.3 Å². The van der Waals surface area contributed by atoms with Crippen molar-refractivity contribution in [2.24, 2.45) is 0 Å². The van der Waals surface area contributed by atoms with Crippen LogP contribution in [0.5, 0.6) is 0 Å². The lowest BCUT2D eigenvalue weighted by Gasteiger charge is -2.19. The summed E-state index contributed by atoms with van der Waals surface area (Å²) in [6.45, 7) is 4.14. The highest BCUT2D eigenvalue weighted by atomic mass is 16.4. The molecule has 2 aromatic rings. The monoisotopic (exact) mass is 260 g/mol. The highest BCUT2D eigenvalue weighted by molar-refractivity contribution is 5.94. The van der Waals surface area contributed by atoms with Crippen molar-refractivity contribution >= 4 is 11.6 Å². The highest BCUT2D eigenvalue weighted by Gasteiger charge is 2.28. The predicted octanol–water partition coefficient (Wildman–Crippen LogP) is 1.58. The molecule has 2 aromatic heterocycles. The summed E-state index contributed by atoms with van der Waals surface area (Å²) in [6.07, 6.45) is 3.91. The molecule has 0 bridgehead atoms. The largest absolute Gasteiger partial charge is 0.478 e. The molecule has 1 N–H and O–H groups in total. The predicted molar refractivity (Wildman–Crippen MR) is 69.2 cm³/mol. The molecule has 0 radical (unpaired) electrons. The second kappa shape index (κ2) is 4.62. The number of likely N-dealkylation sites (tertiary alicyclic amines) is 1. The number of carboxylic acids is 1. The van der Waals surface area contributed by atoms with E-state index in [9.17, 15) is 4.79 Å². The zero-order valence-electron chi connectivity index (χ0n) is 10.8. The van der Waals surface area contributed by atoms with E-state index in [0.29, 0.717) is 5.65 Å². The first-order valence-corrected chi connectivity index (χ1v) is 6.53. The number of hydrogen-bond acceptors (Lipinski definition) is 4. The summed E-state index contributed by atoms with van der Waals surface area (Å²) in [5, 5.41) is 13.6. The van der Waals surface area contributed by atoms with Crippen molar-refractivity contribution in [2.75, 3.05) is 13.1 Å². The minimum Gasteiger partial charge on any atom is -0.478 e. The van der Waals surface area contributed by atoms with E-state index in [4.69, 9.17) is 5.11 Å². The molecule has 19 heavy (non-hydrogen) atoms. The Kier molecular flexibility index (Phi) is 2.94. The first kappa shape index (κ1) is 12.1. The van der Waals surface area contributed by atoms with Gasteiger partial charge in [-0.05, 0) is 38.1 Å². The van der Waals surface area contributed by atoms with Gasteiger partial charge >= 0.3 is 5.97 Å². The molecule has 3 rings (SSSR count). The average molecular weight is 260 g/mol. The number of nitrogens with zero attached hydrogens (tertiary/aromatic N) is 4. The van der Waals surface area contributed by atoms with Crippen LogP contribution >= 0.6 is 0 Å². The van der Waals surface area contributed by atoms with Crippen LogP contribution in [-0.4, -0.2) is 43.7 Å². The van der Waals surface area contributed by atoms with E-state index in [0.717, 1.165) is 31.8 Å². The van der Waals surface area contributed by atoms with Crippen molar-refractivity contribution in [3.63, 3.8) is 0 Å². The van der Waals surface area contributed by atoms with Gasteiger partial charge in [0.05, 0.1) is 6.04 Å². The van der Waals surface area contributed by atoms with E-state index in [1.807, 2.05) is 0 Å². The maximum absolute atomic E-state index is 11.2. The minimum absolute atomic E-state index is 0.197. The fraction of sp³-hybridized carbons (Fsp3) is 0.462. The maximum atomic E-state index is 11.2. The van der Waals surface area contributed by atoms with Crippen LogP contribution in [0.2, 0.25) is 0 Å².